The molecule has 0 unspecified atom stereocenters. The monoisotopic (exact) mass is 376 g/mol. The molecule has 142 valence electrons. The molecule has 2 heterocycles. The molecule has 1 aromatic heterocycles. The number of nitrogens with one attached hydrogen (secondary N) is 2. The predicted octanol–water partition coefficient (Wildman–Crippen LogP) is 4.82. The summed E-state index contributed by atoms with van der Waals surface area (Å²) in [7, 11) is 0. The maximum absolute atomic E-state index is 12.9. The zero-order chi connectivity index (χ0) is 19.3. The van der Waals surface area contributed by atoms with Gasteiger partial charge in [-0.25, -0.2) is 9.37 Å². The minimum atomic E-state index is -0.347. The van der Waals surface area contributed by atoms with E-state index < -0.39 is 0 Å². The van der Waals surface area contributed by atoms with Gasteiger partial charge in [0, 0.05) is 30.2 Å². The molecule has 1 saturated heterocycles. The van der Waals surface area contributed by atoms with E-state index in [-0.39, 0.29) is 11.7 Å². The summed E-state index contributed by atoms with van der Waals surface area (Å²) in [6, 6.07) is 17.4. The van der Waals surface area contributed by atoms with Crippen LogP contribution in [0.3, 0.4) is 0 Å². The zero-order valence-electron chi connectivity index (χ0n) is 15.4. The number of nitrogens with zero attached hydrogens (tertiary/aromatic N) is 2. The van der Waals surface area contributed by atoms with Gasteiger partial charge in [-0.05, 0) is 73.5 Å². The van der Waals surface area contributed by atoms with Crippen LogP contribution in [0.25, 0.3) is 0 Å². The van der Waals surface area contributed by atoms with Crippen LogP contribution in [0.4, 0.5) is 27.1 Å². The molecule has 3 aromatic rings. The summed E-state index contributed by atoms with van der Waals surface area (Å²) in [5.74, 6) is -0.687. The van der Waals surface area contributed by atoms with Crippen LogP contribution in [0, 0.1) is 5.82 Å². The summed E-state index contributed by atoms with van der Waals surface area (Å²) in [4.78, 5) is 18.8. The number of carbonyl (C=O) groups excluding carboxylic acids is 1. The number of amides is 1. The molecule has 2 aromatic carbocycles. The van der Waals surface area contributed by atoms with Crippen molar-refractivity contribution < 1.29 is 9.18 Å². The van der Waals surface area contributed by atoms with Crippen molar-refractivity contribution in [2.24, 2.45) is 0 Å². The third-order valence-corrected chi connectivity index (χ3v) is 4.73. The van der Waals surface area contributed by atoms with Gasteiger partial charge in [0.1, 0.15) is 11.5 Å². The number of halogens is 1. The highest BCUT2D eigenvalue weighted by Gasteiger charge is 2.12. The van der Waals surface area contributed by atoms with E-state index >= 15 is 0 Å². The molecule has 0 atom stereocenters. The molecule has 5 nitrogen and oxygen atoms in total. The first-order valence-electron chi connectivity index (χ1n) is 9.32. The van der Waals surface area contributed by atoms with E-state index in [1.165, 1.54) is 42.8 Å². The summed E-state index contributed by atoms with van der Waals surface area (Å²) in [6.45, 7) is 2.25. The number of anilines is 4. The van der Waals surface area contributed by atoms with E-state index in [4.69, 9.17) is 0 Å². The average molecular weight is 376 g/mol. The maximum atomic E-state index is 12.9. The van der Waals surface area contributed by atoms with Crippen molar-refractivity contribution >= 4 is 28.7 Å². The molecule has 2 N–H and O–H groups in total. The van der Waals surface area contributed by atoms with Gasteiger partial charge >= 0.3 is 0 Å². The Kier molecular flexibility index (Phi) is 5.19. The number of aromatic nitrogens is 1. The molecule has 1 fully saturated rings. The molecule has 0 aliphatic carbocycles. The third-order valence-electron chi connectivity index (χ3n) is 4.73. The van der Waals surface area contributed by atoms with E-state index in [1.54, 1.807) is 18.3 Å². The fourth-order valence-corrected chi connectivity index (χ4v) is 3.23. The smallest absolute Gasteiger partial charge is 0.274 e. The van der Waals surface area contributed by atoms with Crippen LogP contribution in [0.5, 0.6) is 0 Å². The minimum absolute atomic E-state index is 0.291. The quantitative estimate of drug-likeness (QED) is 0.670. The van der Waals surface area contributed by atoms with Crippen LogP contribution in [-0.4, -0.2) is 24.0 Å². The lowest BCUT2D eigenvalue weighted by Gasteiger charge is -2.18. The van der Waals surface area contributed by atoms with Crippen molar-refractivity contribution in [2.75, 3.05) is 28.6 Å². The molecule has 0 bridgehead atoms. The summed E-state index contributed by atoms with van der Waals surface area (Å²) in [6.07, 6.45) is 4.13. The molecule has 0 saturated carbocycles. The summed E-state index contributed by atoms with van der Waals surface area (Å²) < 4.78 is 12.9. The van der Waals surface area contributed by atoms with Gasteiger partial charge in [0.15, 0.2) is 0 Å². The van der Waals surface area contributed by atoms with Crippen molar-refractivity contribution in [3.05, 3.63) is 78.4 Å². The van der Waals surface area contributed by atoms with Crippen molar-refractivity contribution in [1.29, 1.82) is 0 Å². The highest BCUT2D eigenvalue weighted by Crippen LogP contribution is 2.24. The van der Waals surface area contributed by atoms with E-state index in [9.17, 15) is 9.18 Å². The zero-order valence-corrected chi connectivity index (χ0v) is 15.4. The normalized spacial score (nSPS) is 13.4. The molecular formula is C22H21FN4O. The highest BCUT2D eigenvalue weighted by molar-refractivity contribution is 6.02. The van der Waals surface area contributed by atoms with Gasteiger partial charge in [0.2, 0.25) is 0 Å². The van der Waals surface area contributed by atoms with Crippen LogP contribution in [-0.2, 0) is 0 Å². The van der Waals surface area contributed by atoms with Crippen molar-refractivity contribution in [1.82, 2.24) is 4.98 Å². The molecule has 1 aliphatic heterocycles. The van der Waals surface area contributed by atoms with E-state index in [0.29, 0.717) is 11.4 Å². The predicted molar refractivity (Wildman–Crippen MR) is 110 cm³/mol. The first-order valence-corrected chi connectivity index (χ1v) is 9.32. The lowest BCUT2D eigenvalue weighted by Crippen LogP contribution is -2.17. The number of rotatable bonds is 5. The Morgan fingerprint density at radius 3 is 2.14 bits per heavy atom. The number of hydrogen-bond donors (Lipinski definition) is 2. The van der Waals surface area contributed by atoms with Gasteiger partial charge in [0.05, 0.1) is 11.9 Å². The fraction of sp³-hybridized carbons (Fsp3) is 0.182. The summed E-state index contributed by atoms with van der Waals surface area (Å²) in [5, 5.41) is 5.98. The van der Waals surface area contributed by atoms with Crippen molar-refractivity contribution in [3.8, 4) is 0 Å². The summed E-state index contributed by atoms with van der Waals surface area (Å²) in [5.41, 5.74) is 3.82. The fourth-order valence-electron chi connectivity index (χ4n) is 3.23. The Bertz CT molecular complexity index is 934. The standard InChI is InChI=1S/C22H21FN4O/c23-16-3-5-18(6-4-16)26-22(28)21-12-9-19(15-24-21)25-17-7-10-20(11-8-17)27-13-1-2-14-27/h3-12,15,25H,1-2,13-14H2,(H,26,28). The van der Waals surface area contributed by atoms with Gasteiger partial charge in [-0.1, -0.05) is 0 Å². The van der Waals surface area contributed by atoms with Crippen LogP contribution in [0.2, 0.25) is 0 Å². The molecule has 4 rings (SSSR count). The first kappa shape index (κ1) is 18.0. The van der Waals surface area contributed by atoms with Gasteiger partial charge in [-0.2, -0.15) is 0 Å². The van der Waals surface area contributed by atoms with Gasteiger partial charge in [0.25, 0.3) is 5.91 Å². The first-order chi connectivity index (χ1) is 13.7. The minimum Gasteiger partial charge on any atom is -0.372 e. The van der Waals surface area contributed by atoms with E-state index in [2.05, 4.69) is 32.7 Å². The second-order valence-corrected chi connectivity index (χ2v) is 6.76. The number of pyridine rings is 1. The molecule has 6 heteroatoms. The van der Waals surface area contributed by atoms with Gasteiger partial charge in [-0.15, -0.1) is 0 Å². The van der Waals surface area contributed by atoms with Crippen LogP contribution in [0.1, 0.15) is 23.3 Å². The molecule has 1 amide bonds. The number of benzene rings is 2. The van der Waals surface area contributed by atoms with Crippen LogP contribution in [0.15, 0.2) is 66.9 Å². The Hall–Kier alpha value is -3.41. The molecule has 28 heavy (non-hydrogen) atoms. The molecule has 0 radical (unpaired) electrons. The van der Waals surface area contributed by atoms with E-state index in [1.807, 2.05) is 12.1 Å². The van der Waals surface area contributed by atoms with Crippen molar-refractivity contribution in [2.45, 2.75) is 12.8 Å². The Balaban J connectivity index is 1.37. The van der Waals surface area contributed by atoms with Crippen LogP contribution < -0.4 is 15.5 Å². The lowest BCUT2D eigenvalue weighted by atomic mass is 10.2. The maximum Gasteiger partial charge on any atom is 0.274 e. The lowest BCUT2D eigenvalue weighted by molar-refractivity contribution is 0.102. The summed E-state index contributed by atoms with van der Waals surface area (Å²) >= 11 is 0. The molecule has 0 spiro atoms. The molecular weight excluding hydrogens is 355 g/mol. The van der Waals surface area contributed by atoms with Crippen LogP contribution >= 0.6 is 0 Å². The SMILES string of the molecule is O=C(Nc1ccc(F)cc1)c1ccc(Nc2ccc(N3CCCC3)cc2)cn1. The Labute approximate surface area is 163 Å². The number of hydrogen-bond acceptors (Lipinski definition) is 4. The highest BCUT2D eigenvalue weighted by atomic mass is 19.1. The van der Waals surface area contributed by atoms with Gasteiger partial charge < -0.3 is 15.5 Å². The van der Waals surface area contributed by atoms with E-state index in [0.717, 1.165) is 24.5 Å². The topological polar surface area (TPSA) is 57.3 Å². The largest absolute Gasteiger partial charge is 0.372 e. The second-order valence-electron chi connectivity index (χ2n) is 6.76. The van der Waals surface area contributed by atoms with Gasteiger partial charge in [-0.3, -0.25) is 4.79 Å². The van der Waals surface area contributed by atoms with Crippen molar-refractivity contribution in [3.63, 3.8) is 0 Å². The molecule has 1 aliphatic rings. The third kappa shape index (κ3) is 4.28. The Morgan fingerprint density at radius 1 is 0.857 bits per heavy atom. The average Bonchev–Trinajstić information content (AvgIpc) is 3.26. The number of carbonyl (C=O) groups is 1. The second kappa shape index (κ2) is 8.08. The Morgan fingerprint density at radius 2 is 1.50 bits per heavy atom.